The summed E-state index contributed by atoms with van der Waals surface area (Å²) in [7, 11) is 0. The van der Waals surface area contributed by atoms with Crippen molar-refractivity contribution in [2.24, 2.45) is 0 Å². The summed E-state index contributed by atoms with van der Waals surface area (Å²) in [5.41, 5.74) is 3.64. The predicted molar refractivity (Wildman–Crippen MR) is 90.7 cm³/mol. The Morgan fingerprint density at radius 3 is 1.00 bits per heavy atom. The van der Waals surface area contributed by atoms with E-state index in [1.54, 1.807) is 0 Å². The van der Waals surface area contributed by atoms with E-state index in [9.17, 15) is 0 Å². The maximum Gasteiger partial charge on any atom is 4.00 e. The Bertz CT molecular complexity index is 421. The van der Waals surface area contributed by atoms with Gasteiger partial charge in [0, 0.05) is 0 Å². The molecular weight excluding hydrogens is 402 g/mol. The number of halogens is 2. The normalized spacial score (nSPS) is 10.3. The van der Waals surface area contributed by atoms with Crippen LogP contribution in [0.25, 0.3) is 0 Å². The third-order valence-corrected chi connectivity index (χ3v) is 4.66. The molecule has 0 nitrogen and oxygen atoms in total. The number of hydrogen-bond donors (Lipinski definition) is 0. The molecule has 0 bridgehead atoms. The Hall–Kier alpha value is 0.163. The summed E-state index contributed by atoms with van der Waals surface area (Å²) in [4.78, 5) is 0. The fourth-order valence-electron chi connectivity index (χ4n) is 2.06. The van der Waals surface area contributed by atoms with Gasteiger partial charge in [-0.15, -0.1) is 0 Å². The van der Waals surface area contributed by atoms with Crippen LogP contribution < -0.4 is 24.8 Å². The molecule has 0 N–H and O–H groups in total. The van der Waals surface area contributed by atoms with Crippen molar-refractivity contribution < 1.29 is 51.0 Å². The minimum Gasteiger partial charge on any atom is -1.00 e. The van der Waals surface area contributed by atoms with Crippen molar-refractivity contribution in [2.75, 3.05) is 0 Å². The van der Waals surface area contributed by atoms with Crippen molar-refractivity contribution in [1.82, 2.24) is 0 Å². The van der Waals surface area contributed by atoms with Gasteiger partial charge in [-0.05, 0) is 0 Å². The van der Waals surface area contributed by atoms with Crippen LogP contribution in [0.15, 0.2) is 48.5 Å². The predicted octanol–water partition coefficient (Wildman–Crippen LogP) is 0.192. The zero-order chi connectivity index (χ0) is 15.2. The van der Waals surface area contributed by atoms with Gasteiger partial charge in [-0.2, -0.15) is 35.4 Å². The number of rotatable bonds is 4. The molecule has 0 saturated carbocycles. The van der Waals surface area contributed by atoms with Crippen molar-refractivity contribution >= 4 is 0 Å². The van der Waals surface area contributed by atoms with Gasteiger partial charge < -0.3 is 24.8 Å². The van der Waals surface area contributed by atoms with E-state index in [0.717, 1.165) is 0 Å². The minimum absolute atomic E-state index is 0. The van der Waals surface area contributed by atoms with Crippen LogP contribution >= 0.6 is 0 Å². The smallest absolute Gasteiger partial charge is 1.00 e. The van der Waals surface area contributed by atoms with Gasteiger partial charge in [-0.3, -0.25) is 0 Å². The van der Waals surface area contributed by atoms with E-state index in [1.165, 1.54) is 24.0 Å². The molecule has 0 aromatic heterocycles. The largest absolute Gasteiger partial charge is 4.00 e. The zero-order valence-electron chi connectivity index (χ0n) is 15.3. The fraction of sp³-hybridized carbons (Fsp3) is 0.500. The first-order chi connectivity index (χ1) is 9.33. The van der Waals surface area contributed by atoms with Crippen LogP contribution in [-0.2, 0) is 37.0 Å². The summed E-state index contributed by atoms with van der Waals surface area (Å²) in [6.45, 7) is 13.6. The molecule has 2 aromatic rings. The van der Waals surface area contributed by atoms with Crippen LogP contribution in [0.1, 0.15) is 65.5 Å². The third kappa shape index (κ3) is 8.71. The van der Waals surface area contributed by atoms with Crippen LogP contribution in [0.4, 0.5) is 0 Å². The average molecular weight is 433 g/mol. The SMILES string of the molecule is CCC(C)(C)[c-]1cccc1.CCC(C)(C)[c-]1cccc1.[Cl-].[Cl-].[Zr+4]. The second-order valence-electron chi connectivity index (χ2n) is 6.82. The maximum atomic E-state index is 2.28. The Balaban J connectivity index is -0.000000308. The van der Waals surface area contributed by atoms with Crippen LogP contribution in [-0.4, -0.2) is 0 Å². The topological polar surface area (TPSA) is 0 Å². The first kappa shape index (κ1) is 28.0. The molecule has 0 amide bonds. The molecular formula is C20H30Cl2Zr. The molecule has 0 aliphatic rings. The van der Waals surface area contributed by atoms with E-state index in [0.29, 0.717) is 10.8 Å². The molecule has 0 aliphatic heterocycles. The summed E-state index contributed by atoms with van der Waals surface area (Å²) in [5.74, 6) is 0. The molecule has 0 aliphatic carbocycles. The van der Waals surface area contributed by atoms with Crippen LogP contribution in [0.5, 0.6) is 0 Å². The molecule has 2 rings (SSSR count). The van der Waals surface area contributed by atoms with Crippen LogP contribution in [0.2, 0.25) is 0 Å². The van der Waals surface area contributed by atoms with Gasteiger partial charge in [-0.1, -0.05) is 65.2 Å². The summed E-state index contributed by atoms with van der Waals surface area (Å²) in [6.07, 6.45) is 2.41. The second kappa shape index (κ2) is 12.5. The zero-order valence-corrected chi connectivity index (χ0v) is 19.3. The molecule has 0 unspecified atom stereocenters. The first-order valence-corrected chi connectivity index (χ1v) is 7.78. The summed E-state index contributed by atoms with van der Waals surface area (Å²) in [5, 5.41) is 0. The van der Waals surface area contributed by atoms with Crippen molar-refractivity contribution in [3.05, 3.63) is 59.7 Å². The van der Waals surface area contributed by atoms with Crippen LogP contribution in [0, 0.1) is 0 Å². The molecule has 0 spiro atoms. The van der Waals surface area contributed by atoms with Gasteiger partial charge >= 0.3 is 26.2 Å². The average Bonchev–Trinajstić information content (AvgIpc) is 3.12. The Kier molecular flexibility index (Phi) is 15.2. The Morgan fingerprint density at radius 2 is 0.826 bits per heavy atom. The van der Waals surface area contributed by atoms with E-state index >= 15 is 0 Å². The molecule has 0 saturated heterocycles. The first-order valence-electron chi connectivity index (χ1n) is 7.78. The van der Waals surface area contributed by atoms with Crippen molar-refractivity contribution in [3.63, 3.8) is 0 Å². The molecule has 128 valence electrons. The van der Waals surface area contributed by atoms with Gasteiger partial charge in [-0.25, -0.2) is 24.3 Å². The van der Waals surface area contributed by atoms with Crippen LogP contribution in [0.3, 0.4) is 0 Å². The molecule has 23 heavy (non-hydrogen) atoms. The van der Waals surface area contributed by atoms with E-state index in [4.69, 9.17) is 0 Å². The van der Waals surface area contributed by atoms with Gasteiger partial charge in [0.2, 0.25) is 0 Å². The number of hydrogen-bond acceptors (Lipinski definition) is 0. The molecule has 2 aromatic carbocycles. The Labute approximate surface area is 175 Å². The van der Waals surface area contributed by atoms with Gasteiger partial charge in [0.15, 0.2) is 0 Å². The van der Waals surface area contributed by atoms with Gasteiger partial charge in [0.1, 0.15) is 0 Å². The molecule has 0 radical (unpaired) electrons. The summed E-state index contributed by atoms with van der Waals surface area (Å²) >= 11 is 0. The Morgan fingerprint density at radius 1 is 0.609 bits per heavy atom. The van der Waals surface area contributed by atoms with Gasteiger partial charge in [0.05, 0.1) is 0 Å². The van der Waals surface area contributed by atoms with E-state index in [1.807, 2.05) is 0 Å². The molecule has 0 atom stereocenters. The maximum absolute atomic E-state index is 2.28. The van der Waals surface area contributed by atoms with E-state index in [-0.39, 0.29) is 51.0 Å². The van der Waals surface area contributed by atoms with Crippen molar-refractivity contribution in [3.8, 4) is 0 Å². The fourth-order valence-corrected chi connectivity index (χ4v) is 2.06. The summed E-state index contributed by atoms with van der Waals surface area (Å²) < 4.78 is 0. The van der Waals surface area contributed by atoms with E-state index < -0.39 is 0 Å². The van der Waals surface area contributed by atoms with Gasteiger partial charge in [0.25, 0.3) is 0 Å². The molecule has 3 heteroatoms. The molecule has 0 fully saturated rings. The standard InChI is InChI=1S/2C10H15.2ClH.Zr/c2*1-4-10(2,3)9-7-5-6-8-9;;;/h2*5-8H,4H2,1-3H3;2*1H;/q2*-1;;;+4/p-2. The van der Waals surface area contributed by atoms with E-state index in [2.05, 4.69) is 90.1 Å². The monoisotopic (exact) mass is 430 g/mol. The summed E-state index contributed by atoms with van der Waals surface area (Å²) in [6, 6.07) is 17.2. The minimum atomic E-state index is 0. The third-order valence-electron chi connectivity index (χ3n) is 4.66. The van der Waals surface area contributed by atoms with Crippen molar-refractivity contribution in [2.45, 2.75) is 65.2 Å². The van der Waals surface area contributed by atoms with Crippen molar-refractivity contribution in [1.29, 1.82) is 0 Å². The quantitative estimate of drug-likeness (QED) is 0.606. The molecule has 0 heterocycles. The second-order valence-corrected chi connectivity index (χ2v) is 6.82.